The number of fused-ring (bicyclic) bond motifs is 1. The molecule has 2 aromatic carbocycles. The van der Waals surface area contributed by atoms with Crippen LogP contribution in [0.15, 0.2) is 36.4 Å². The van der Waals surface area contributed by atoms with Gasteiger partial charge in [0.25, 0.3) is 0 Å². The summed E-state index contributed by atoms with van der Waals surface area (Å²) in [5, 5.41) is 11.9. The monoisotopic (exact) mass is 352 g/mol. The van der Waals surface area contributed by atoms with Gasteiger partial charge in [-0.3, -0.25) is 9.69 Å². The number of piperidine rings is 1. The maximum atomic E-state index is 13.3. The molecule has 138 valence electrons. The van der Waals surface area contributed by atoms with E-state index in [4.69, 9.17) is 0 Å². The number of aryl methyl sites for hydroxylation is 1. The molecule has 2 aliphatic rings. The van der Waals surface area contributed by atoms with Crippen molar-refractivity contribution in [1.82, 2.24) is 9.80 Å². The molecule has 1 atom stereocenters. The molecule has 0 aliphatic carbocycles. The smallest absolute Gasteiger partial charge is 0.243 e. The van der Waals surface area contributed by atoms with E-state index in [1.165, 1.54) is 21.9 Å². The van der Waals surface area contributed by atoms with Gasteiger partial charge in [0.15, 0.2) is 0 Å². The molecule has 4 heteroatoms. The van der Waals surface area contributed by atoms with Crippen LogP contribution in [-0.4, -0.2) is 52.6 Å². The molecule has 1 spiro atoms. The van der Waals surface area contributed by atoms with Gasteiger partial charge in [-0.1, -0.05) is 36.4 Å². The van der Waals surface area contributed by atoms with Gasteiger partial charge in [0.05, 0.1) is 6.61 Å². The summed E-state index contributed by atoms with van der Waals surface area (Å²) in [7, 11) is 0. The maximum Gasteiger partial charge on any atom is 0.243 e. The van der Waals surface area contributed by atoms with Crippen LogP contribution < -0.4 is 0 Å². The van der Waals surface area contributed by atoms with Crippen molar-refractivity contribution in [3.05, 3.63) is 47.5 Å². The first-order valence-corrected chi connectivity index (χ1v) is 9.78. The number of likely N-dealkylation sites (tertiary alicyclic amines) is 2. The largest absolute Gasteiger partial charge is 0.395 e. The quantitative estimate of drug-likeness (QED) is 0.920. The molecule has 2 fully saturated rings. The molecule has 2 aromatic rings. The molecule has 0 aromatic heterocycles. The van der Waals surface area contributed by atoms with Crippen LogP contribution in [0.4, 0.5) is 0 Å². The standard InChI is InChI=1S/C22H28N2O2/c1-17-8-9-18-6-2-3-7-19(18)20(17)16-24-13-5-11-22(24)10-4-12-23(14-15-25)21(22)26/h2-3,6-9,25H,4-5,10-16H2,1H3. The first-order chi connectivity index (χ1) is 12.7. The Labute approximate surface area is 155 Å². The van der Waals surface area contributed by atoms with Crippen molar-refractivity contribution in [3.63, 3.8) is 0 Å². The highest BCUT2D eigenvalue weighted by atomic mass is 16.3. The molecular formula is C22H28N2O2. The SMILES string of the molecule is Cc1ccc2ccccc2c1CN1CCCC12CCCN(CCO)C2=O. The number of carbonyl (C=O) groups is 1. The molecule has 4 nitrogen and oxygen atoms in total. The fourth-order valence-corrected chi connectivity index (χ4v) is 4.94. The predicted molar refractivity (Wildman–Crippen MR) is 104 cm³/mol. The third kappa shape index (κ3) is 2.81. The van der Waals surface area contributed by atoms with Crippen LogP contribution in [0.3, 0.4) is 0 Å². The molecule has 1 amide bonds. The molecule has 2 saturated heterocycles. The number of rotatable bonds is 4. The first kappa shape index (κ1) is 17.5. The Kier molecular flexibility index (Phi) is 4.72. The van der Waals surface area contributed by atoms with E-state index in [2.05, 4.69) is 48.2 Å². The summed E-state index contributed by atoms with van der Waals surface area (Å²) >= 11 is 0. The molecule has 2 heterocycles. The van der Waals surface area contributed by atoms with Crippen LogP contribution in [0, 0.1) is 6.92 Å². The van der Waals surface area contributed by atoms with Crippen molar-refractivity contribution in [2.75, 3.05) is 26.2 Å². The Morgan fingerprint density at radius 1 is 1.08 bits per heavy atom. The van der Waals surface area contributed by atoms with E-state index in [0.29, 0.717) is 6.54 Å². The minimum atomic E-state index is -0.364. The average molecular weight is 352 g/mol. The number of β-amino-alcohol motifs (C(OH)–C–C–N with tert-alkyl or cyclic N) is 1. The van der Waals surface area contributed by atoms with Gasteiger partial charge in [-0.05, 0) is 61.1 Å². The summed E-state index contributed by atoms with van der Waals surface area (Å²) in [5.74, 6) is 0.230. The Morgan fingerprint density at radius 2 is 1.85 bits per heavy atom. The second kappa shape index (κ2) is 7.01. The number of amides is 1. The van der Waals surface area contributed by atoms with Crippen molar-refractivity contribution < 1.29 is 9.90 Å². The molecule has 2 aliphatic heterocycles. The molecule has 4 rings (SSSR count). The van der Waals surface area contributed by atoms with Gasteiger partial charge in [0.2, 0.25) is 5.91 Å². The number of benzene rings is 2. The van der Waals surface area contributed by atoms with Crippen LogP contribution >= 0.6 is 0 Å². The average Bonchev–Trinajstić information content (AvgIpc) is 3.05. The summed E-state index contributed by atoms with van der Waals surface area (Å²) < 4.78 is 0. The Morgan fingerprint density at radius 3 is 2.65 bits per heavy atom. The minimum absolute atomic E-state index is 0.0459. The number of hydrogen-bond acceptors (Lipinski definition) is 3. The zero-order chi connectivity index (χ0) is 18.1. The predicted octanol–water partition coefficient (Wildman–Crippen LogP) is 3.10. The summed E-state index contributed by atoms with van der Waals surface area (Å²) in [4.78, 5) is 17.6. The van der Waals surface area contributed by atoms with Gasteiger partial charge in [0.1, 0.15) is 5.54 Å². The van der Waals surface area contributed by atoms with Crippen LogP contribution in [0.25, 0.3) is 10.8 Å². The maximum absolute atomic E-state index is 13.3. The molecular weight excluding hydrogens is 324 g/mol. The minimum Gasteiger partial charge on any atom is -0.395 e. The fourth-order valence-electron chi connectivity index (χ4n) is 4.94. The van der Waals surface area contributed by atoms with E-state index in [-0.39, 0.29) is 18.1 Å². The summed E-state index contributed by atoms with van der Waals surface area (Å²) in [6, 6.07) is 12.9. The number of nitrogens with zero attached hydrogens (tertiary/aromatic N) is 2. The highest BCUT2D eigenvalue weighted by Crippen LogP contribution is 2.40. The van der Waals surface area contributed by atoms with Crippen LogP contribution in [0.1, 0.15) is 36.8 Å². The van der Waals surface area contributed by atoms with Crippen molar-refractivity contribution in [3.8, 4) is 0 Å². The third-order valence-electron chi connectivity index (χ3n) is 6.32. The molecule has 0 bridgehead atoms. The van der Waals surface area contributed by atoms with Crippen molar-refractivity contribution in [1.29, 1.82) is 0 Å². The highest BCUT2D eigenvalue weighted by molar-refractivity contribution is 5.88. The Balaban J connectivity index is 1.68. The number of hydrogen-bond donors (Lipinski definition) is 1. The van der Waals surface area contributed by atoms with E-state index >= 15 is 0 Å². The van der Waals surface area contributed by atoms with E-state index in [0.717, 1.165) is 45.3 Å². The topological polar surface area (TPSA) is 43.8 Å². The zero-order valence-corrected chi connectivity index (χ0v) is 15.6. The zero-order valence-electron chi connectivity index (χ0n) is 15.6. The fraction of sp³-hybridized carbons (Fsp3) is 0.500. The number of aliphatic hydroxyl groups is 1. The lowest BCUT2D eigenvalue weighted by Gasteiger charge is -2.44. The van der Waals surface area contributed by atoms with Gasteiger partial charge >= 0.3 is 0 Å². The molecule has 26 heavy (non-hydrogen) atoms. The lowest BCUT2D eigenvalue weighted by molar-refractivity contribution is -0.148. The van der Waals surface area contributed by atoms with Gasteiger partial charge in [-0.25, -0.2) is 0 Å². The molecule has 1 unspecified atom stereocenters. The van der Waals surface area contributed by atoms with Crippen molar-refractivity contribution >= 4 is 16.7 Å². The third-order valence-corrected chi connectivity index (χ3v) is 6.32. The molecule has 1 N–H and O–H groups in total. The normalized spacial score (nSPS) is 24.1. The summed E-state index contributed by atoms with van der Waals surface area (Å²) in [6.45, 7) is 5.26. The van der Waals surface area contributed by atoms with E-state index in [1.54, 1.807) is 0 Å². The second-order valence-electron chi connectivity index (χ2n) is 7.76. The van der Waals surface area contributed by atoms with Crippen molar-refractivity contribution in [2.45, 2.75) is 44.7 Å². The summed E-state index contributed by atoms with van der Waals surface area (Å²) in [6.07, 6.45) is 3.98. The van der Waals surface area contributed by atoms with Gasteiger partial charge < -0.3 is 10.0 Å². The number of aliphatic hydroxyl groups excluding tert-OH is 1. The van der Waals surface area contributed by atoms with E-state index < -0.39 is 0 Å². The second-order valence-corrected chi connectivity index (χ2v) is 7.76. The van der Waals surface area contributed by atoms with E-state index in [9.17, 15) is 9.90 Å². The van der Waals surface area contributed by atoms with Gasteiger partial charge in [0, 0.05) is 19.6 Å². The highest BCUT2D eigenvalue weighted by Gasteiger charge is 2.50. The van der Waals surface area contributed by atoms with Crippen LogP contribution in [0.2, 0.25) is 0 Å². The molecule has 0 saturated carbocycles. The first-order valence-electron chi connectivity index (χ1n) is 9.78. The lowest BCUT2D eigenvalue weighted by atomic mass is 9.84. The Bertz CT molecular complexity index is 817. The van der Waals surface area contributed by atoms with Gasteiger partial charge in [-0.15, -0.1) is 0 Å². The Hall–Kier alpha value is -1.91. The van der Waals surface area contributed by atoms with Crippen LogP contribution in [-0.2, 0) is 11.3 Å². The number of carbonyl (C=O) groups excluding carboxylic acids is 1. The van der Waals surface area contributed by atoms with Crippen molar-refractivity contribution in [2.24, 2.45) is 0 Å². The van der Waals surface area contributed by atoms with Crippen LogP contribution in [0.5, 0.6) is 0 Å². The summed E-state index contributed by atoms with van der Waals surface area (Å²) in [5.41, 5.74) is 2.27. The lowest BCUT2D eigenvalue weighted by Crippen LogP contribution is -2.60. The van der Waals surface area contributed by atoms with E-state index in [1.807, 2.05) is 4.90 Å². The molecule has 0 radical (unpaired) electrons. The van der Waals surface area contributed by atoms with Gasteiger partial charge in [-0.2, -0.15) is 0 Å².